The quantitative estimate of drug-likeness (QED) is 0.899. The van der Waals surface area contributed by atoms with E-state index in [0.29, 0.717) is 0 Å². The lowest BCUT2D eigenvalue weighted by atomic mass is 9.99. The summed E-state index contributed by atoms with van der Waals surface area (Å²) < 4.78 is 10.6. The van der Waals surface area contributed by atoms with Crippen LogP contribution in [-0.2, 0) is 0 Å². The number of hydrogen-bond donors (Lipinski definition) is 1. The van der Waals surface area contributed by atoms with E-state index in [1.165, 1.54) is 0 Å². The molecule has 0 atom stereocenters. The van der Waals surface area contributed by atoms with E-state index in [-0.39, 0.29) is 5.75 Å². The maximum atomic E-state index is 9.44. The fraction of sp³-hybridized carbons (Fsp3) is 0.200. The number of aryl methyl sites for hydroxylation is 1. The van der Waals surface area contributed by atoms with Crippen molar-refractivity contribution >= 4 is 0 Å². The molecule has 0 spiro atoms. The topological polar surface area (TPSA) is 38.7 Å². The largest absolute Gasteiger partial charge is 0.508 e. The zero-order valence-electron chi connectivity index (χ0n) is 10.7. The van der Waals surface area contributed by atoms with E-state index in [4.69, 9.17) is 9.47 Å². The molecular weight excluding hydrogens is 228 g/mol. The first-order valence-corrected chi connectivity index (χ1v) is 5.67. The van der Waals surface area contributed by atoms with Gasteiger partial charge >= 0.3 is 0 Å². The molecule has 0 saturated heterocycles. The Morgan fingerprint density at radius 2 is 1.61 bits per heavy atom. The fourth-order valence-electron chi connectivity index (χ4n) is 1.97. The van der Waals surface area contributed by atoms with Crippen molar-refractivity contribution in [3.05, 3.63) is 42.0 Å². The molecule has 1 N–H and O–H groups in total. The number of phenols is 1. The van der Waals surface area contributed by atoms with E-state index in [0.717, 1.165) is 28.2 Å². The Labute approximate surface area is 107 Å². The summed E-state index contributed by atoms with van der Waals surface area (Å²) in [6, 6.07) is 11.0. The molecule has 0 bridgehead atoms. The van der Waals surface area contributed by atoms with Gasteiger partial charge in [-0.1, -0.05) is 6.07 Å². The number of rotatable bonds is 3. The van der Waals surface area contributed by atoms with Crippen molar-refractivity contribution in [2.75, 3.05) is 14.2 Å². The van der Waals surface area contributed by atoms with Crippen LogP contribution in [0.3, 0.4) is 0 Å². The number of phenolic OH excluding ortho intramolecular Hbond substituents is 1. The summed E-state index contributed by atoms with van der Waals surface area (Å²) in [6.45, 7) is 1.96. The third-order valence-electron chi connectivity index (χ3n) is 2.91. The van der Waals surface area contributed by atoms with Gasteiger partial charge in [-0.3, -0.25) is 0 Å². The Morgan fingerprint density at radius 3 is 2.22 bits per heavy atom. The molecule has 0 aliphatic rings. The van der Waals surface area contributed by atoms with Gasteiger partial charge in [-0.05, 0) is 42.3 Å². The summed E-state index contributed by atoms with van der Waals surface area (Å²) in [7, 11) is 3.26. The number of aromatic hydroxyl groups is 1. The molecule has 18 heavy (non-hydrogen) atoms. The zero-order valence-corrected chi connectivity index (χ0v) is 10.7. The zero-order chi connectivity index (χ0) is 13.1. The van der Waals surface area contributed by atoms with Crippen molar-refractivity contribution in [1.82, 2.24) is 0 Å². The standard InChI is InChI=1S/C15H16O3/c1-10-8-11(16)4-6-13(10)14-7-5-12(17-2)9-15(14)18-3/h4-9,16H,1-3H3. The van der Waals surface area contributed by atoms with Crippen LogP contribution in [0.15, 0.2) is 36.4 Å². The molecule has 0 amide bonds. The summed E-state index contributed by atoms with van der Waals surface area (Å²) in [5.74, 6) is 1.78. The molecule has 3 heteroatoms. The maximum Gasteiger partial charge on any atom is 0.130 e. The molecule has 0 aliphatic carbocycles. The van der Waals surface area contributed by atoms with E-state index in [1.807, 2.05) is 31.2 Å². The summed E-state index contributed by atoms with van der Waals surface area (Å²) in [5, 5.41) is 9.44. The van der Waals surface area contributed by atoms with E-state index >= 15 is 0 Å². The highest BCUT2D eigenvalue weighted by Crippen LogP contribution is 2.35. The predicted octanol–water partition coefficient (Wildman–Crippen LogP) is 3.38. The van der Waals surface area contributed by atoms with E-state index < -0.39 is 0 Å². The van der Waals surface area contributed by atoms with Crippen LogP contribution in [0.1, 0.15) is 5.56 Å². The Morgan fingerprint density at radius 1 is 0.889 bits per heavy atom. The lowest BCUT2D eigenvalue weighted by molar-refractivity contribution is 0.395. The van der Waals surface area contributed by atoms with Crippen LogP contribution >= 0.6 is 0 Å². The van der Waals surface area contributed by atoms with Gasteiger partial charge in [0.05, 0.1) is 14.2 Å². The van der Waals surface area contributed by atoms with Crippen molar-refractivity contribution in [1.29, 1.82) is 0 Å². The van der Waals surface area contributed by atoms with E-state index in [2.05, 4.69) is 0 Å². The van der Waals surface area contributed by atoms with Gasteiger partial charge in [0, 0.05) is 11.6 Å². The van der Waals surface area contributed by atoms with Crippen molar-refractivity contribution < 1.29 is 14.6 Å². The fourth-order valence-corrected chi connectivity index (χ4v) is 1.97. The molecule has 0 aliphatic heterocycles. The lowest BCUT2D eigenvalue weighted by Crippen LogP contribution is -1.91. The highest BCUT2D eigenvalue weighted by molar-refractivity contribution is 5.74. The molecule has 2 aromatic rings. The first-order valence-electron chi connectivity index (χ1n) is 5.67. The first kappa shape index (κ1) is 12.3. The second-order valence-corrected chi connectivity index (χ2v) is 4.07. The Kier molecular flexibility index (Phi) is 3.42. The third-order valence-corrected chi connectivity index (χ3v) is 2.91. The molecule has 0 unspecified atom stereocenters. The smallest absolute Gasteiger partial charge is 0.130 e. The minimum absolute atomic E-state index is 0.267. The third kappa shape index (κ3) is 2.25. The molecule has 0 fully saturated rings. The average molecular weight is 244 g/mol. The van der Waals surface area contributed by atoms with Crippen molar-refractivity contribution in [3.63, 3.8) is 0 Å². The Bertz CT molecular complexity index is 562. The van der Waals surface area contributed by atoms with Gasteiger partial charge < -0.3 is 14.6 Å². The second-order valence-electron chi connectivity index (χ2n) is 4.07. The average Bonchev–Trinajstić information content (AvgIpc) is 2.38. The van der Waals surface area contributed by atoms with E-state index in [1.54, 1.807) is 26.4 Å². The number of hydrogen-bond acceptors (Lipinski definition) is 3. The van der Waals surface area contributed by atoms with Crippen LogP contribution in [0.2, 0.25) is 0 Å². The van der Waals surface area contributed by atoms with Gasteiger partial charge in [-0.2, -0.15) is 0 Å². The van der Waals surface area contributed by atoms with Crippen molar-refractivity contribution in [2.24, 2.45) is 0 Å². The molecular formula is C15H16O3. The summed E-state index contributed by atoms with van der Waals surface area (Å²) in [4.78, 5) is 0. The number of benzene rings is 2. The van der Waals surface area contributed by atoms with Gasteiger partial charge in [-0.15, -0.1) is 0 Å². The summed E-state index contributed by atoms with van der Waals surface area (Å²) in [5.41, 5.74) is 3.02. The molecule has 0 heterocycles. The lowest BCUT2D eigenvalue weighted by Gasteiger charge is -2.12. The van der Waals surface area contributed by atoms with E-state index in [9.17, 15) is 5.11 Å². The van der Waals surface area contributed by atoms with Gasteiger partial charge in [-0.25, -0.2) is 0 Å². The second kappa shape index (κ2) is 5.00. The number of methoxy groups -OCH3 is 2. The van der Waals surface area contributed by atoms with Crippen LogP contribution < -0.4 is 9.47 Å². The van der Waals surface area contributed by atoms with Crippen LogP contribution in [0, 0.1) is 6.92 Å². The maximum absolute atomic E-state index is 9.44. The molecule has 2 aromatic carbocycles. The van der Waals surface area contributed by atoms with Gasteiger partial charge in [0.2, 0.25) is 0 Å². The summed E-state index contributed by atoms with van der Waals surface area (Å²) in [6.07, 6.45) is 0. The normalized spacial score (nSPS) is 10.2. The molecule has 0 saturated carbocycles. The van der Waals surface area contributed by atoms with Crippen LogP contribution in [0.25, 0.3) is 11.1 Å². The van der Waals surface area contributed by atoms with Crippen molar-refractivity contribution in [2.45, 2.75) is 6.92 Å². The Balaban J connectivity index is 2.56. The minimum atomic E-state index is 0.267. The predicted molar refractivity (Wildman–Crippen MR) is 71.4 cm³/mol. The monoisotopic (exact) mass is 244 g/mol. The minimum Gasteiger partial charge on any atom is -0.508 e. The molecule has 0 radical (unpaired) electrons. The summed E-state index contributed by atoms with van der Waals surface area (Å²) >= 11 is 0. The SMILES string of the molecule is COc1ccc(-c2ccc(O)cc2C)c(OC)c1. The molecule has 2 rings (SSSR count). The highest BCUT2D eigenvalue weighted by Gasteiger charge is 2.10. The molecule has 94 valence electrons. The molecule has 0 aromatic heterocycles. The van der Waals surface area contributed by atoms with Crippen LogP contribution in [-0.4, -0.2) is 19.3 Å². The first-order chi connectivity index (χ1) is 8.65. The van der Waals surface area contributed by atoms with Gasteiger partial charge in [0.1, 0.15) is 17.2 Å². The van der Waals surface area contributed by atoms with Gasteiger partial charge in [0.25, 0.3) is 0 Å². The van der Waals surface area contributed by atoms with Crippen molar-refractivity contribution in [3.8, 4) is 28.4 Å². The van der Waals surface area contributed by atoms with Gasteiger partial charge in [0.15, 0.2) is 0 Å². The molecule has 3 nitrogen and oxygen atoms in total. The number of ether oxygens (including phenoxy) is 2. The Hall–Kier alpha value is -2.16. The highest BCUT2D eigenvalue weighted by atomic mass is 16.5. The van der Waals surface area contributed by atoms with Crippen LogP contribution in [0.5, 0.6) is 17.2 Å². The van der Waals surface area contributed by atoms with Crippen LogP contribution in [0.4, 0.5) is 0 Å².